The molecule has 0 radical (unpaired) electrons. The van der Waals surface area contributed by atoms with Gasteiger partial charge in [0.1, 0.15) is 5.82 Å². The van der Waals surface area contributed by atoms with Crippen LogP contribution in [0.4, 0.5) is 0 Å². The summed E-state index contributed by atoms with van der Waals surface area (Å²) in [6.07, 6.45) is 2.93. The lowest BCUT2D eigenvalue weighted by molar-refractivity contribution is 0.0712. The van der Waals surface area contributed by atoms with Crippen molar-refractivity contribution in [2.75, 3.05) is 19.6 Å². The zero-order chi connectivity index (χ0) is 24.7. The Labute approximate surface area is 208 Å². The molecule has 182 valence electrons. The molecule has 0 saturated carbocycles. The Balaban J connectivity index is 1.35. The average Bonchev–Trinajstić information content (AvgIpc) is 3.27. The highest BCUT2D eigenvalue weighted by molar-refractivity contribution is 5.97. The van der Waals surface area contributed by atoms with E-state index in [4.69, 9.17) is 4.98 Å². The van der Waals surface area contributed by atoms with Crippen LogP contribution < -0.4 is 0 Å². The van der Waals surface area contributed by atoms with Crippen molar-refractivity contribution in [1.82, 2.24) is 19.8 Å². The zero-order valence-electron chi connectivity index (χ0n) is 21.4. The van der Waals surface area contributed by atoms with E-state index in [-0.39, 0.29) is 5.91 Å². The molecule has 0 unspecified atom stereocenters. The van der Waals surface area contributed by atoms with Crippen LogP contribution in [0.15, 0.2) is 48.7 Å². The molecule has 1 amide bonds. The summed E-state index contributed by atoms with van der Waals surface area (Å²) >= 11 is 0. The first-order chi connectivity index (χ1) is 16.8. The van der Waals surface area contributed by atoms with Crippen LogP contribution in [0.3, 0.4) is 0 Å². The molecule has 1 N–H and O–H groups in total. The number of allylic oxidation sites excluding steroid dienone is 1. The van der Waals surface area contributed by atoms with Crippen molar-refractivity contribution in [2.45, 2.75) is 59.4 Å². The highest BCUT2D eigenvalue weighted by atomic mass is 16.2. The maximum Gasteiger partial charge on any atom is 0.254 e. The first-order valence-electron chi connectivity index (χ1n) is 12.8. The van der Waals surface area contributed by atoms with Gasteiger partial charge in [0.25, 0.3) is 5.91 Å². The number of carbonyl (C=O) groups excluding carboxylic acids is 1. The zero-order valence-corrected chi connectivity index (χ0v) is 21.4. The molecule has 3 heterocycles. The molecule has 35 heavy (non-hydrogen) atoms. The Morgan fingerprint density at radius 2 is 1.71 bits per heavy atom. The van der Waals surface area contributed by atoms with Gasteiger partial charge in [0.15, 0.2) is 0 Å². The number of aromatic amines is 1. The minimum Gasteiger partial charge on any atom is -0.369 e. The summed E-state index contributed by atoms with van der Waals surface area (Å²) in [6.45, 7) is 15.8. The van der Waals surface area contributed by atoms with Crippen LogP contribution in [-0.4, -0.2) is 45.3 Å². The standard InChI is InChI=1S/C30H36N4O/c1-19(2)34-15-12-27-28(18-34)32-29(31-27)25-17-26(22(5)16-21(25)4)30(35)33-13-10-24(11-14-33)23-8-6-20(3)7-9-23/h6-9,16-17,24H,1,10-15,18H2,2-5H3,(H,31,32). The van der Waals surface area contributed by atoms with Crippen LogP contribution in [-0.2, 0) is 13.0 Å². The Bertz CT molecular complexity index is 1260. The maximum atomic E-state index is 13.6. The number of likely N-dealkylation sites (tertiary alicyclic amines) is 1. The third kappa shape index (κ3) is 4.64. The van der Waals surface area contributed by atoms with Crippen molar-refractivity contribution in [3.05, 3.63) is 87.9 Å². The smallest absolute Gasteiger partial charge is 0.254 e. The lowest BCUT2D eigenvalue weighted by atomic mass is 9.88. The van der Waals surface area contributed by atoms with Gasteiger partial charge in [0.05, 0.1) is 17.9 Å². The Morgan fingerprint density at radius 1 is 1.00 bits per heavy atom. The van der Waals surface area contributed by atoms with Gasteiger partial charge >= 0.3 is 0 Å². The number of hydrogen-bond acceptors (Lipinski definition) is 3. The van der Waals surface area contributed by atoms with Crippen LogP contribution in [0.5, 0.6) is 0 Å². The summed E-state index contributed by atoms with van der Waals surface area (Å²) in [6, 6.07) is 13.0. The molecule has 1 fully saturated rings. The van der Waals surface area contributed by atoms with E-state index in [0.717, 1.165) is 90.6 Å². The Hall–Kier alpha value is -3.34. The van der Waals surface area contributed by atoms with Crippen molar-refractivity contribution >= 4 is 5.91 Å². The lowest BCUT2D eigenvalue weighted by Crippen LogP contribution is -2.38. The van der Waals surface area contributed by atoms with Gasteiger partial charge in [-0.1, -0.05) is 42.5 Å². The number of H-pyrrole nitrogens is 1. The summed E-state index contributed by atoms with van der Waals surface area (Å²) in [7, 11) is 0. The summed E-state index contributed by atoms with van der Waals surface area (Å²) in [4.78, 5) is 26.4. The van der Waals surface area contributed by atoms with Gasteiger partial charge < -0.3 is 14.8 Å². The number of aryl methyl sites for hydroxylation is 3. The second-order valence-corrected chi connectivity index (χ2v) is 10.4. The predicted molar refractivity (Wildman–Crippen MR) is 141 cm³/mol. The van der Waals surface area contributed by atoms with E-state index in [0.29, 0.717) is 5.92 Å². The van der Waals surface area contributed by atoms with Crippen LogP contribution in [0.1, 0.15) is 69.7 Å². The normalized spacial score (nSPS) is 16.3. The van der Waals surface area contributed by atoms with Crippen LogP contribution >= 0.6 is 0 Å². The van der Waals surface area contributed by atoms with Crippen molar-refractivity contribution in [1.29, 1.82) is 0 Å². The van der Waals surface area contributed by atoms with Gasteiger partial charge in [-0.15, -0.1) is 0 Å². The maximum absolute atomic E-state index is 13.6. The molecule has 5 heteroatoms. The van der Waals surface area contributed by atoms with E-state index in [2.05, 4.69) is 66.7 Å². The molecule has 0 aliphatic carbocycles. The van der Waals surface area contributed by atoms with Gasteiger partial charge in [-0.2, -0.15) is 0 Å². The number of nitrogens with one attached hydrogen (secondary N) is 1. The van der Waals surface area contributed by atoms with Crippen molar-refractivity contribution in [3.8, 4) is 11.4 Å². The molecular weight excluding hydrogens is 432 g/mol. The minimum absolute atomic E-state index is 0.135. The SMILES string of the molecule is C=C(C)N1CCc2nc(-c3cc(C(=O)N4CCC(c5ccc(C)cc5)CC4)c(C)cc3C)[nH]c2C1. The Kier molecular flexibility index (Phi) is 6.26. The monoisotopic (exact) mass is 468 g/mol. The van der Waals surface area contributed by atoms with Gasteiger partial charge in [0.2, 0.25) is 0 Å². The fourth-order valence-electron chi connectivity index (χ4n) is 5.51. The molecule has 2 aliphatic heterocycles. The fraction of sp³-hybridized carbons (Fsp3) is 0.400. The highest BCUT2D eigenvalue weighted by Crippen LogP contribution is 2.32. The Morgan fingerprint density at radius 3 is 2.40 bits per heavy atom. The van der Waals surface area contributed by atoms with Crippen LogP contribution in [0.2, 0.25) is 0 Å². The molecule has 0 spiro atoms. The van der Waals surface area contributed by atoms with Gasteiger partial charge in [-0.3, -0.25) is 4.79 Å². The third-order valence-corrected chi connectivity index (χ3v) is 7.76. The number of amides is 1. The van der Waals surface area contributed by atoms with E-state index >= 15 is 0 Å². The number of piperidine rings is 1. The van der Waals surface area contributed by atoms with E-state index in [1.807, 2.05) is 18.7 Å². The van der Waals surface area contributed by atoms with E-state index in [9.17, 15) is 4.79 Å². The number of benzene rings is 2. The average molecular weight is 469 g/mol. The topological polar surface area (TPSA) is 52.2 Å². The first kappa shape index (κ1) is 23.4. The van der Waals surface area contributed by atoms with Crippen LogP contribution in [0.25, 0.3) is 11.4 Å². The molecule has 0 atom stereocenters. The van der Waals surface area contributed by atoms with Crippen molar-refractivity contribution < 1.29 is 4.79 Å². The number of rotatable bonds is 4. The van der Waals surface area contributed by atoms with E-state index in [1.54, 1.807) is 0 Å². The van der Waals surface area contributed by atoms with Gasteiger partial charge in [-0.05, 0) is 69.2 Å². The number of fused-ring (bicyclic) bond motifs is 1. The molecule has 1 saturated heterocycles. The van der Waals surface area contributed by atoms with Crippen molar-refractivity contribution in [3.63, 3.8) is 0 Å². The minimum atomic E-state index is 0.135. The van der Waals surface area contributed by atoms with E-state index < -0.39 is 0 Å². The molecule has 2 aliphatic rings. The number of nitrogens with zero attached hydrogens (tertiary/aromatic N) is 3. The second kappa shape index (κ2) is 9.37. The van der Waals surface area contributed by atoms with E-state index in [1.165, 1.54) is 11.1 Å². The van der Waals surface area contributed by atoms with Gasteiger partial charge in [0, 0.05) is 42.9 Å². The molecule has 3 aromatic rings. The fourth-order valence-corrected chi connectivity index (χ4v) is 5.51. The van der Waals surface area contributed by atoms with Crippen molar-refractivity contribution in [2.24, 2.45) is 0 Å². The van der Waals surface area contributed by atoms with Gasteiger partial charge in [-0.25, -0.2) is 4.98 Å². The number of carbonyl (C=O) groups is 1. The second-order valence-electron chi connectivity index (χ2n) is 10.4. The summed E-state index contributed by atoms with van der Waals surface area (Å²) in [5, 5.41) is 0. The molecular formula is C30H36N4O. The predicted octanol–water partition coefficient (Wildman–Crippen LogP) is 5.91. The molecule has 5 rings (SSSR count). The third-order valence-electron chi connectivity index (χ3n) is 7.76. The van der Waals surface area contributed by atoms with Crippen LogP contribution in [0, 0.1) is 20.8 Å². The molecule has 2 aromatic carbocycles. The summed E-state index contributed by atoms with van der Waals surface area (Å²) < 4.78 is 0. The number of imidazole rings is 1. The lowest BCUT2D eigenvalue weighted by Gasteiger charge is -2.33. The summed E-state index contributed by atoms with van der Waals surface area (Å²) in [5.41, 5.74) is 10.0. The quantitative estimate of drug-likeness (QED) is 0.518. The molecule has 1 aromatic heterocycles. The molecule has 0 bridgehead atoms. The molecule has 5 nitrogen and oxygen atoms in total. The number of hydrogen-bond donors (Lipinski definition) is 1. The first-order valence-corrected chi connectivity index (χ1v) is 12.8. The highest BCUT2D eigenvalue weighted by Gasteiger charge is 2.27. The number of aromatic nitrogens is 2. The largest absolute Gasteiger partial charge is 0.369 e. The summed E-state index contributed by atoms with van der Waals surface area (Å²) in [5.74, 6) is 1.53.